The van der Waals surface area contributed by atoms with Gasteiger partial charge in [-0.15, -0.1) is 0 Å². The maximum Gasteiger partial charge on any atom is 0.505 e. The van der Waals surface area contributed by atoms with E-state index in [4.69, 9.17) is 21.4 Å². The first-order valence-electron chi connectivity index (χ1n) is 3.42. The molecule has 1 atom stereocenters. The van der Waals surface area contributed by atoms with Crippen LogP contribution in [0, 0.1) is 22.7 Å². The summed E-state index contributed by atoms with van der Waals surface area (Å²) >= 11 is 0. The van der Waals surface area contributed by atoms with Crippen molar-refractivity contribution in [2.24, 2.45) is 5.73 Å². The highest BCUT2D eigenvalue weighted by Gasteiger charge is 1.91. The van der Waals surface area contributed by atoms with Gasteiger partial charge >= 0.3 is 6.16 Å². The average Bonchev–Trinajstić information content (AvgIpc) is 2.05. The predicted octanol–water partition coefficient (Wildman–Crippen LogP) is 0.452. The lowest BCUT2D eigenvalue weighted by Crippen LogP contribution is -2.09. The van der Waals surface area contributed by atoms with E-state index in [2.05, 4.69) is 4.74 Å². The molecule has 0 fully saturated rings. The third-order valence-corrected chi connectivity index (χ3v) is 0.643. The fourth-order valence-corrected chi connectivity index (χ4v) is 0.184. The van der Waals surface area contributed by atoms with Crippen molar-refractivity contribution in [1.82, 2.24) is 0 Å². The van der Waals surface area contributed by atoms with Crippen molar-refractivity contribution in [1.29, 1.82) is 10.5 Å². The molecule has 13 heavy (non-hydrogen) atoms. The van der Waals surface area contributed by atoms with Crippen LogP contribution in [0.15, 0.2) is 0 Å². The second-order valence-corrected chi connectivity index (χ2v) is 1.94. The summed E-state index contributed by atoms with van der Waals surface area (Å²) in [6.07, 6.45) is -1.22. The molecular formula is C7H11N3O3. The minimum absolute atomic E-state index is 0.0359. The van der Waals surface area contributed by atoms with Gasteiger partial charge in [-0.05, 0) is 6.92 Å². The Hall–Kier alpha value is -1.79. The van der Waals surface area contributed by atoms with Crippen molar-refractivity contribution in [2.45, 2.75) is 19.4 Å². The molecule has 0 aromatic heterocycles. The van der Waals surface area contributed by atoms with Crippen LogP contribution >= 0.6 is 0 Å². The molecule has 0 saturated heterocycles. The first kappa shape index (κ1) is 13.8. The molecule has 6 nitrogen and oxygen atoms in total. The zero-order valence-corrected chi connectivity index (χ0v) is 7.23. The van der Waals surface area contributed by atoms with Crippen LogP contribution in [0.2, 0.25) is 0 Å². The summed E-state index contributed by atoms with van der Waals surface area (Å²) in [5, 5.41) is 23.4. The minimum atomic E-state index is -1.33. The molecule has 0 aliphatic rings. The van der Waals surface area contributed by atoms with Gasteiger partial charge < -0.3 is 15.6 Å². The molecule has 0 radical (unpaired) electrons. The summed E-state index contributed by atoms with van der Waals surface area (Å²) in [5.74, 6) is 0. The van der Waals surface area contributed by atoms with E-state index in [0.717, 1.165) is 0 Å². The Labute approximate surface area is 76.1 Å². The molecular weight excluding hydrogens is 174 g/mol. The largest absolute Gasteiger partial charge is 0.505 e. The van der Waals surface area contributed by atoms with E-state index in [-0.39, 0.29) is 19.1 Å². The molecule has 0 saturated carbocycles. The number of carboxylic acid groups (broad SMARTS) is 1. The van der Waals surface area contributed by atoms with Gasteiger partial charge in [-0.3, -0.25) is 0 Å². The van der Waals surface area contributed by atoms with Gasteiger partial charge in [-0.2, -0.15) is 10.5 Å². The lowest BCUT2D eigenvalue weighted by Gasteiger charge is -1.90. The Morgan fingerprint density at radius 1 is 1.69 bits per heavy atom. The maximum atomic E-state index is 9.54. The van der Waals surface area contributed by atoms with Crippen molar-refractivity contribution < 1.29 is 14.6 Å². The van der Waals surface area contributed by atoms with Crippen molar-refractivity contribution in [3.8, 4) is 12.1 Å². The molecule has 3 N–H and O–H groups in total. The van der Waals surface area contributed by atoms with E-state index in [9.17, 15) is 4.79 Å². The summed E-state index contributed by atoms with van der Waals surface area (Å²) in [6, 6.07) is 3.23. The van der Waals surface area contributed by atoms with Crippen LogP contribution in [0.1, 0.15) is 13.3 Å². The Bertz CT molecular complexity index is 214. The zero-order chi connectivity index (χ0) is 10.7. The first-order chi connectivity index (χ1) is 6.04. The van der Waals surface area contributed by atoms with Crippen molar-refractivity contribution in [3.05, 3.63) is 0 Å². The van der Waals surface area contributed by atoms with Crippen LogP contribution in [0.4, 0.5) is 4.79 Å². The van der Waals surface area contributed by atoms with Crippen LogP contribution in [-0.2, 0) is 4.74 Å². The molecule has 0 spiro atoms. The van der Waals surface area contributed by atoms with E-state index in [1.807, 2.05) is 0 Å². The molecule has 0 aliphatic carbocycles. The maximum absolute atomic E-state index is 9.54. The predicted molar refractivity (Wildman–Crippen MR) is 43.5 cm³/mol. The average molecular weight is 185 g/mol. The standard InChI is InChI=1S/C4H5NO3.C3H6N2/c5-2-1-3-8-4(6)7;1-3(5)2-4/h1,3H2,(H,6,7);3H,5H2,1H3. The number of ether oxygens (including phenoxy) is 1. The second-order valence-electron chi connectivity index (χ2n) is 1.94. The zero-order valence-electron chi connectivity index (χ0n) is 7.23. The minimum Gasteiger partial charge on any atom is -0.450 e. The number of hydrogen-bond acceptors (Lipinski definition) is 5. The summed E-state index contributed by atoms with van der Waals surface area (Å²) in [7, 11) is 0. The highest BCUT2D eigenvalue weighted by molar-refractivity contribution is 5.56. The third kappa shape index (κ3) is 25.4. The highest BCUT2D eigenvalue weighted by atomic mass is 16.7. The number of nitriles is 2. The van der Waals surface area contributed by atoms with Gasteiger partial charge in [0.2, 0.25) is 0 Å². The molecule has 1 unspecified atom stereocenters. The highest BCUT2D eigenvalue weighted by Crippen LogP contribution is 1.78. The Morgan fingerprint density at radius 2 is 2.15 bits per heavy atom. The van der Waals surface area contributed by atoms with Crippen LogP contribution in [0.5, 0.6) is 0 Å². The molecule has 0 rings (SSSR count). The van der Waals surface area contributed by atoms with Gasteiger partial charge in [-0.1, -0.05) is 0 Å². The summed E-state index contributed by atoms with van der Waals surface area (Å²) in [5.41, 5.74) is 4.93. The number of carbonyl (C=O) groups is 1. The molecule has 6 heteroatoms. The van der Waals surface area contributed by atoms with Crippen LogP contribution in [-0.4, -0.2) is 23.9 Å². The van der Waals surface area contributed by atoms with Gasteiger partial charge in [-0.25, -0.2) is 4.79 Å². The molecule has 0 aromatic carbocycles. The molecule has 0 bridgehead atoms. The Morgan fingerprint density at radius 3 is 2.38 bits per heavy atom. The monoisotopic (exact) mass is 185 g/mol. The smallest absolute Gasteiger partial charge is 0.450 e. The first-order valence-corrected chi connectivity index (χ1v) is 3.42. The molecule has 72 valence electrons. The number of hydrogen-bond donors (Lipinski definition) is 2. The molecule has 0 aliphatic heterocycles. The molecule has 0 amide bonds. The number of nitrogens with two attached hydrogens (primary N) is 1. The SMILES string of the molecule is CC(N)C#N.N#CCCOC(=O)O. The fraction of sp³-hybridized carbons (Fsp3) is 0.571. The van der Waals surface area contributed by atoms with Crippen LogP contribution in [0.3, 0.4) is 0 Å². The van der Waals surface area contributed by atoms with E-state index in [1.165, 1.54) is 0 Å². The normalized spacial score (nSPS) is 9.54. The van der Waals surface area contributed by atoms with Crippen molar-refractivity contribution in [3.63, 3.8) is 0 Å². The van der Waals surface area contributed by atoms with E-state index in [1.54, 1.807) is 19.1 Å². The molecule has 0 aromatic rings. The van der Waals surface area contributed by atoms with Gasteiger partial charge in [0.1, 0.15) is 6.61 Å². The van der Waals surface area contributed by atoms with Crippen LogP contribution < -0.4 is 5.73 Å². The van der Waals surface area contributed by atoms with Crippen molar-refractivity contribution in [2.75, 3.05) is 6.61 Å². The summed E-state index contributed by atoms with van der Waals surface area (Å²) in [6.45, 7) is 1.60. The van der Waals surface area contributed by atoms with E-state index >= 15 is 0 Å². The fourth-order valence-electron chi connectivity index (χ4n) is 0.184. The van der Waals surface area contributed by atoms with E-state index < -0.39 is 6.16 Å². The lowest BCUT2D eigenvalue weighted by atomic mass is 10.4. The third-order valence-electron chi connectivity index (χ3n) is 0.643. The van der Waals surface area contributed by atoms with Crippen molar-refractivity contribution >= 4 is 6.16 Å². The Kier molecular flexibility index (Phi) is 10.8. The number of rotatable bonds is 2. The van der Waals surface area contributed by atoms with E-state index in [0.29, 0.717) is 0 Å². The quantitative estimate of drug-likeness (QED) is 0.476. The van der Waals surface area contributed by atoms with Crippen LogP contribution in [0.25, 0.3) is 0 Å². The Balaban J connectivity index is 0. The lowest BCUT2D eigenvalue weighted by molar-refractivity contribution is 0.0936. The number of nitrogens with zero attached hydrogens (tertiary/aromatic N) is 2. The van der Waals surface area contributed by atoms with Gasteiger partial charge in [0, 0.05) is 0 Å². The summed E-state index contributed by atoms with van der Waals surface area (Å²) < 4.78 is 3.98. The van der Waals surface area contributed by atoms with Gasteiger partial charge in [0.05, 0.1) is 24.6 Å². The topological polar surface area (TPSA) is 120 Å². The van der Waals surface area contributed by atoms with Gasteiger partial charge in [0.15, 0.2) is 0 Å². The second kappa shape index (κ2) is 10.2. The van der Waals surface area contributed by atoms with Gasteiger partial charge in [0.25, 0.3) is 0 Å². The molecule has 0 heterocycles. The summed E-state index contributed by atoms with van der Waals surface area (Å²) in [4.78, 5) is 9.54.